The van der Waals surface area contributed by atoms with Gasteiger partial charge in [0.2, 0.25) is 21.8 Å². The number of unbranched alkanes of at least 4 members (excludes halogenated alkanes) is 1. The Hall–Kier alpha value is -3.26. The molecule has 57 heavy (non-hydrogen) atoms. The number of aliphatic carboxylic acids is 1. The number of carboxylic acid groups (broad SMARTS) is 1. The summed E-state index contributed by atoms with van der Waals surface area (Å²) in [6, 6.07) is 9.81. The number of benzene rings is 2. The number of anilines is 1. The van der Waals surface area contributed by atoms with E-state index in [9.17, 15) is 33.0 Å². The first-order chi connectivity index (χ1) is 27.0. The molecular formula is C44H66N4O8S. The monoisotopic (exact) mass is 810 g/mol. The molecule has 0 saturated heterocycles. The first-order valence-corrected chi connectivity index (χ1v) is 22.8. The van der Waals surface area contributed by atoms with E-state index in [1.807, 2.05) is 37.2 Å². The lowest BCUT2D eigenvalue weighted by molar-refractivity contribution is -0.174. The van der Waals surface area contributed by atoms with Gasteiger partial charge in [-0.15, -0.1) is 0 Å². The number of nitrogens with zero attached hydrogens (tertiary/aromatic N) is 1. The summed E-state index contributed by atoms with van der Waals surface area (Å²) in [7, 11) is -0.0258. The summed E-state index contributed by atoms with van der Waals surface area (Å²) in [5, 5.41) is 37.9. The second-order valence-corrected chi connectivity index (χ2v) is 20.4. The Kier molecular flexibility index (Phi) is 13.3. The first kappa shape index (κ1) is 43.3. The Balaban J connectivity index is 1.02. The van der Waals surface area contributed by atoms with Crippen molar-refractivity contribution >= 4 is 44.3 Å². The molecule has 316 valence electrons. The molecule has 6 rings (SSSR count). The Labute approximate surface area is 339 Å². The quantitative estimate of drug-likeness (QED) is 0.120. The largest absolute Gasteiger partial charge is 0.480 e. The maximum Gasteiger partial charge on any atom is 0.322 e. The van der Waals surface area contributed by atoms with Crippen LogP contribution in [0.3, 0.4) is 0 Å². The van der Waals surface area contributed by atoms with Gasteiger partial charge in [0.1, 0.15) is 12.6 Å². The van der Waals surface area contributed by atoms with Crippen LogP contribution in [0.15, 0.2) is 41.3 Å². The highest BCUT2D eigenvalue weighted by Gasteiger charge is 2.62. The fourth-order valence-electron chi connectivity index (χ4n) is 12.2. The molecule has 0 heterocycles. The van der Waals surface area contributed by atoms with E-state index in [2.05, 4.69) is 36.1 Å². The summed E-state index contributed by atoms with van der Waals surface area (Å²) in [6.45, 7) is 6.63. The van der Waals surface area contributed by atoms with Crippen LogP contribution >= 0.6 is 0 Å². The summed E-state index contributed by atoms with van der Waals surface area (Å²) in [4.78, 5) is 39.8. The van der Waals surface area contributed by atoms with Crippen molar-refractivity contribution in [3.63, 3.8) is 0 Å². The number of carbonyl (C=O) groups is 3. The molecule has 0 spiro atoms. The van der Waals surface area contributed by atoms with Crippen LogP contribution < -0.4 is 20.3 Å². The molecule has 0 aromatic heterocycles. The highest BCUT2D eigenvalue weighted by atomic mass is 32.2. The lowest BCUT2D eigenvalue weighted by Crippen LogP contribution is -2.58. The third-order valence-electron chi connectivity index (χ3n) is 15.2. The third kappa shape index (κ3) is 9.01. The lowest BCUT2D eigenvalue weighted by atomic mass is 9.43. The predicted octanol–water partition coefficient (Wildman–Crippen LogP) is 5.45. The van der Waals surface area contributed by atoms with Crippen molar-refractivity contribution in [3.8, 4) is 0 Å². The number of carboxylic acids is 1. The number of sulfonamides is 1. The zero-order valence-electron chi connectivity index (χ0n) is 34.5. The normalized spacial score (nSPS) is 32.0. The van der Waals surface area contributed by atoms with E-state index in [1.54, 1.807) is 18.2 Å². The Morgan fingerprint density at radius 2 is 1.60 bits per heavy atom. The number of hydrogen-bond donors (Lipinski definition) is 6. The number of aliphatic hydroxyl groups is 2. The van der Waals surface area contributed by atoms with Gasteiger partial charge < -0.3 is 30.9 Å². The predicted molar refractivity (Wildman–Crippen MR) is 221 cm³/mol. The van der Waals surface area contributed by atoms with Crippen LogP contribution in [0.1, 0.15) is 104 Å². The summed E-state index contributed by atoms with van der Waals surface area (Å²) < 4.78 is 29.4. The first-order valence-electron chi connectivity index (χ1n) is 21.3. The van der Waals surface area contributed by atoms with Crippen LogP contribution in [0, 0.1) is 46.3 Å². The van der Waals surface area contributed by atoms with E-state index in [-0.39, 0.29) is 65.1 Å². The fourth-order valence-corrected chi connectivity index (χ4v) is 13.5. The number of aliphatic hydroxyl groups excluding tert-OH is 2. The minimum absolute atomic E-state index is 0.0823. The zero-order chi connectivity index (χ0) is 41.3. The molecule has 13 heteroatoms. The number of hydrogen-bond acceptors (Lipinski definition) is 8. The average Bonchev–Trinajstić information content (AvgIpc) is 3.52. The molecule has 4 fully saturated rings. The highest BCUT2D eigenvalue weighted by Crippen LogP contribution is 2.68. The van der Waals surface area contributed by atoms with Crippen molar-refractivity contribution in [2.24, 2.45) is 46.3 Å². The van der Waals surface area contributed by atoms with Crippen molar-refractivity contribution in [1.29, 1.82) is 0 Å². The second kappa shape index (κ2) is 17.5. The Morgan fingerprint density at radius 1 is 0.895 bits per heavy atom. The molecule has 2 amide bonds. The number of rotatable bonds is 16. The van der Waals surface area contributed by atoms with Gasteiger partial charge in [-0.25, -0.2) is 13.1 Å². The van der Waals surface area contributed by atoms with Gasteiger partial charge in [-0.2, -0.15) is 0 Å². The van der Waals surface area contributed by atoms with Crippen LogP contribution in [0.2, 0.25) is 0 Å². The van der Waals surface area contributed by atoms with Crippen LogP contribution in [0.4, 0.5) is 5.69 Å². The van der Waals surface area contributed by atoms with Gasteiger partial charge in [-0.1, -0.05) is 45.0 Å². The van der Waals surface area contributed by atoms with E-state index >= 15 is 0 Å². The van der Waals surface area contributed by atoms with Gasteiger partial charge in [-0.05, 0) is 136 Å². The van der Waals surface area contributed by atoms with E-state index in [4.69, 9.17) is 5.11 Å². The molecule has 0 aliphatic heterocycles. The Morgan fingerprint density at radius 3 is 2.33 bits per heavy atom. The van der Waals surface area contributed by atoms with Crippen molar-refractivity contribution in [3.05, 3.63) is 36.4 Å². The van der Waals surface area contributed by atoms with Crippen molar-refractivity contribution in [2.75, 3.05) is 32.1 Å². The number of amides is 2. The standard InChI is InChI=1S/C44H66N4O8S/c1-27(32-16-17-33-41-34(20-22-44(32,33)3)43(2)21-19-29(49)24-28(43)25-37(41)50)15-18-39(51)47-35(42(54)45-26-40(52)53)12-6-7-23-46-57(55,56)38-14-9-10-30-31(38)11-8-13-36(30)48(4)5/h8-11,13-14,27-29,32-35,37,41,46,49-50H,6-7,12,15-26H2,1-5H3,(H,45,54)(H,47,51)(H,52,53)/t27-,28?,29-,32-,33?,34?,35+,37+,41?,43+,44-/m1/s1. The molecular weight excluding hydrogens is 745 g/mol. The van der Waals surface area contributed by atoms with Crippen molar-refractivity contribution in [1.82, 2.24) is 15.4 Å². The molecule has 11 atom stereocenters. The molecule has 4 aliphatic carbocycles. The fraction of sp³-hybridized carbons (Fsp3) is 0.705. The minimum atomic E-state index is -3.84. The maximum absolute atomic E-state index is 13.4. The Bertz CT molecular complexity index is 1890. The number of nitrogens with one attached hydrogen (secondary N) is 3. The SMILES string of the molecule is C[C@H](CCC(=O)N[C@@H](CCCCNS(=O)(=O)c1cccc2c(N(C)C)cccc12)C(=O)NCC(=O)O)[C@H]1CCC2C3C(CC[C@@]21C)[C@@]1(C)CC[C@@H](O)CC1C[C@@H]3O. The summed E-state index contributed by atoms with van der Waals surface area (Å²) in [6.07, 6.45) is 9.16. The van der Waals surface area contributed by atoms with Gasteiger partial charge in [0.25, 0.3) is 0 Å². The van der Waals surface area contributed by atoms with E-state index in [0.29, 0.717) is 48.3 Å². The molecule has 0 radical (unpaired) electrons. The summed E-state index contributed by atoms with van der Waals surface area (Å²) in [5.41, 5.74) is 1.16. The van der Waals surface area contributed by atoms with Crippen molar-refractivity contribution in [2.45, 2.75) is 127 Å². The van der Waals surface area contributed by atoms with E-state index in [1.165, 1.54) is 0 Å². The third-order valence-corrected chi connectivity index (χ3v) is 16.7. The van der Waals surface area contributed by atoms with Gasteiger partial charge in [0.05, 0.1) is 17.1 Å². The molecule has 4 aliphatic rings. The van der Waals surface area contributed by atoms with Gasteiger partial charge in [-0.3, -0.25) is 14.4 Å². The summed E-state index contributed by atoms with van der Waals surface area (Å²) in [5.74, 6) is 0.207. The smallest absolute Gasteiger partial charge is 0.322 e. The molecule has 0 bridgehead atoms. The molecule has 2 aromatic rings. The molecule has 4 unspecified atom stereocenters. The molecule has 2 aromatic carbocycles. The van der Waals surface area contributed by atoms with Crippen LogP contribution in [0.5, 0.6) is 0 Å². The minimum Gasteiger partial charge on any atom is -0.480 e. The van der Waals surface area contributed by atoms with Gasteiger partial charge in [0.15, 0.2) is 0 Å². The molecule has 12 nitrogen and oxygen atoms in total. The van der Waals surface area contributed by atoms with Crippen molar-refractivity contribution < 1.29 is 38.1 Å². The zero-order valence-corrected chi connectivity index (χ0v) is 35.3. The van der Waals surface area contributed by atoms with Crippen LogP contribution in [0.25, 0.3) is 10.8 Å². The summed E-state index contributed by atoms with van der Waals surface area (Å²) >= 11 is 0. The molecule has 6 N–H and O–H groups in total. The second-order valence-electron chi connectivity index (χ2n) is 18.6. The van der Waals surface area contributed by atoms with Crippen LogP contribution in [-0.4, -0.2) is 87.0 Å². The maximum atomic E-state index is 13.4. The molecule has 4 saturated carbocycles. The average molecular weight is 811 g/mol. The van der Waals surface area contributed by atoms with Gasteiger partial charge >= 0.3 is 5.97 Å². The van der Waals surface area contributed by atoms with Gasteiger partial charge in [0, 0.05) is 43.5 Å². The number of fused-ring (bicyclic) bond motifs is 6. The topological polar surface area (TPSA) is 185 Å². The highest BCUT2D eigenvalue weighted by molar-refractivity contribution is 7.89. The van der Waals surface area contributed by atoms with E-state index in [0.717, 1.165) is 62.4 Å². The van der Waals surface area contributed by atoms with E-state index < -0.39 is 34.5 Å². The number of carbonyl (C=O) groups excluding carboxylic acids is 2. The van der Waals surface area contributed by atoms with Crippen LogP contribution in [-0.2, 0) is 24.4 Å². The lowest BCUT2D eigenvalue weighted by Gasteiger charge is -2.62.